The molecule has 27 heavy (non-hydrogen) atoms. The van der Waals surface area contributed by atoms with E-state index in [1.54, 1.807) is 37.3 Å². The van der Waals surface area contributed by atoms with E-state index < -0.39 is 12.1 Å². The standard InChI is InChI=1S/C20H22ClNO5/c1-13-11-17(7-8-18(13)21)27-14(2)20(25)22-10-9-15-3-5-16(6-4-15)26-12-19(23)24/h3-8,11,14H,9-10,12H2,1-2H3,(H,22,25)(H,23,24). The molecule has 1 amide bonds. The van der Waals surface area contributed by atoms with Crippen molar-refractivity contribution in [3.8, 4) is 11.5 Å². The molecule has 7 heteroatoms. The van der Waals surface area contributed by atoms with Crippen molar-refractivity contribution in [2.45, 2.75) is 26.4 Å². The van der Waals surface area contributed by atoms with Crippen molar-refractivity contribution < 1.29 is 24.2 Å². The molecule has 0 saturated carbocycles. The fourth-order valence-electron chi connectivity index (χ4n) is 2.32. The quantitative estimate of drug-likeness (QED) is 0.685. The lowest BCUT2D eigenvalue weighted by Gasteiger charge is -2.15. The first-order chi connectivity index (χ1) is 12.8. The molecule has 2 N–H and O–H groups in total. The Morgan fingerprint density at radius 3 is 2.44 bits per heavy atom. The molecule has 0 heterocycles. The van der Waals surface area contributed by atoms with E-state index in [0.29, 0.717) is 29.5 Å². The molecule has 0 radical (unpaired) electrons. The number of carbonyl (C=O) groups excluding carboxylic acids is 1. The van der Waals surface area contributed by atoms with E-state index in [0.717, 1.165) is 11.1 Å². The molecular formula is C20H22ClNO5. The molecular weight excluding hydrogens is 370 g/mol. The number of amides is 1. The van der Waals surface area contributed by atoms with Crippen LogP contribution in [0.1, 0.15) is 18.1 Å². The topological polar surface area (TPSA) is 84.9 Å². The Kier molecular flexibility index (Phi) is 7.49. The number of hydrogen-bond donors (Lipinski definition) is 2. The average molecular weight is 392 g/mol. The van der Waals surface area contributed by atoms with Gasteiger partial charge in [0, 0.05) is 11.6 Å². The molecule has 2 rings (SSSR count). The van der Waals surface area contributed by atoms with Gasteiger partial charge < -0.3 is 19.9 Å². The Morgan fingerprint density at radius 2 is 1.81 bits per heavy atom. The number of ether oxygens (including phenoxy) is 2. The van der Waals surface area contributed by atoms with Crippen molar-refractivity contribution >= 4 is 23.5 Å². The van der Waals surface area contributed by atoms with E-state index in [-0.39, 0.29) is 12.5 Å². The van der Waals surface area contributed by atoms with Crippen molar-refractivity contribution in [1.29, 1.82) is 0 Å². The first kappa shape index (κ1) is 20.6. The van der Waals surface area contributed by atoms with Crippen molar-refractivity contribution in [3.63, 3.8) is 0 Å². The summed E-state index contributed by atoms with van der Waals surface area (Å²) in [6.45, 7) is 3.65. The highest BCUT2D eigenvalue weighted by Gasteiger charge is 2.14. The molecule has 1 unspecified atom stereocenters. The minimum atomic E-state index is -1.02. The van der Waals surface area contributed by atoms with Gasteiger partial charge in [-0.25, -0.2) is 4.79 Å². The van der Waals surface area contributed by atoms with Gasteiger partial charge in [0.2, 0.25) is 0 Å². The number of aryl methyl sites for hydroxylation is 1. The summed E-state index contributed by atoms with van der Waals surface area (Å²) < 4.78 is 10.7. The third-order valence-corrected chi connectivity index (χ3v) is 4.23. The maximum absolute atomic E-state index is 12.2. The van der Waals surface area contributed by atoms with E-state index in [1.165, 1.54) is 0 Å². The molecule has 0 bridgehead atoms. The summed E-state index contributed by atoms with van der Waals surface area (Å²) in [5, 5.41) is 12.1. The van der Waals surface area contributed by atoms with Crippen LogP contribution < -0.4 is 14.8 Å². The second-order valence-corrected chi connectivity index (χ2v) is 6.45. The largest absolute Gasteiger partial charge is 0.482 e. The van der Waals surface area contributed by atoms with Gasteiger partial charge in [-0.1, -0.05) is 23.7 Å². The molecule has 0 aliphatic rings. The van der Waals surface area contributed by atoms with Gasteiger partial charge in [-0.05, 0) is 61.7 Å². The van der Waals surface area contributed by atoms with Crippen LogP contribution in [0, 0.1) is 6.92 Å². The Bertz CT molecular complexity index is 791. The van der Waals surface area contributed by atoms with Crippen LogP contribution in [0.2, 0.25) is 5.02 Å². The number of aliphatic carboxylic acids is 1. The van der Waals surface area contributed by atoms with E-state index in [4.69, 9.17) is 26.2 Å². The zero-order valence-corrected chi connectivity index (χ0v) is 16.0. The van der Waals surface area contributed by atoms with Crippen LogP contribution in [0.25, 0.3) is 0 Å². The van der Waals surface area contributed by atoms with Gasteiger partial charge in [0.25, 0.3) is 5.91 Å². The van der Waals surface area contributed by atoms with Crippen LogP contribution in [0.4, 0.5) is 0 Å². The number of benzene rings is 2. The molecule has 0 saturated heterocycles. The number of halogens is 1. The van der Waals surface area contributed by atoms with Gasteiger partial charge in [-0.3, -0.25) is 4.79 Å². The van der Waals surface area contributed by atoms with Gasteiger partial charge in [0.15, 0.2) is 12.7 Å². The van der Waals surface area contributed by atoms with E-state index in [1.807, 2.05) is 19.1 Å². The number of hydrogen-bond acceptors (Lipinski definition) is 4. The molecule has 0 fully saturated rings. The Morgan fingerprint density at radius 1 is 1.15 bits per heavy atom. The van der Waals surface area contributed by atoms with Gasteiger partial charge in [0.1, 0.15) is 11.5 Å². The third-order valence-electron chi connectivity index (χ3n) is 3.81. The van der Waals surface area contributed by atoms with Crippen LogP contribution in [-0.4, -0.2) is 36.2 Å². The molecule has 0 aliphatic carbocycles. The van der Waals surface area contributed by atoms with E-state index >= 15 is 0 Å². The monoisotopic (exact) mass is 391 g/mol. The number of carboxylic acid groups (broad SMARTS) is 1. The smallest absolute Gasteiger partial charge is 0.341 e. The first-order valence-electron chi connectivity index (χ1n) is 8.49. The molecule has 0 aliphatic heterocycles. The number of rotatable bonds is 9. The zero-order valence-electron chi connectivity index (χ0n) is 15.2. The SMILES string of the molecule is Cc1cc(OC(C)C(=O)NCCc2ccc(OCC(=O)O)cc2)ccc1Cl. The summed E-state index contributed by atoms with van der Waals surface area (Å²) in [5.74, 6) is -0.141. The molecule has 0 spiro atoms. The normalized spacial score (nSPS) is 11.5. The summed E-state index contributed by atoms with van der Waals surface area (Å²) in [7, 11) is 0. The minimum absolute atomic E-state index is 0.205. The van der Waals surface area contributed by atoms with Crippen molar-refractivity contribution in [3.05, 3.63) is 58.6 Å². The molecule has 2 aromatic rings. The minimum Gasteiger partial charge on any atom is -0.482 e. The van der Waals surface area contributed by atoms with Gasteiger partial charge in [-0.2, -0.15) is 0 Å². The highest BCUT2D eigenvalue weighted by Crippen LogP contribution is 2.21. The number of nitrogens with one attached hydrogen (secondary N) is 1. The van der Waals surface area contributed by atoms with E-state index in [9.17, 15) is 9.59 Å². The summed E-state index contributed by atoms with van der Waals surface area (Å²) in [4.78, 5) is 22.6. The van der Waals surface area contributed by atoms with Crippen LogP contribution in [0.5, 0.6) is 11.5 Å². The highest BCUT2D eigenvalue weighted by molar-refractivity contribution is 6.31. The summed E-state index contributed by atoms with van der Waals surface area (Å²) >= 11 is 5.98. The number of carboxylic acids is 1. The van der Waals surface area contributed by atoms with Crippen molar-refractivity contribution in [2.24, 2.45) is 0 Å². The molecule has 6 nitrogen and oxygen atoms in total. The Hall–Kier alpha value is -2.73. The lowest BCUT2D eigenvalue weighted by molar-refractivity contribution is -0.139. The lowest BCUT2D eigenvalue weighted by atomic mass is 10.1. The fourth-order valence-corrected chi connectivity index (χ4v) is 2.44. The summed E-state index contributed by atoms with van der Waals surface area (Å²) in [5.41, 5.74) is 1.89. The predicted octanol–water partition coefficient (Wildman–Crippen LogP) is 3.24. The molecule has 2 aromatic carbocycles. The maximum atomic E-state index is 12.2. The van der Waals surface area contributed by atoms with E-state index in [2.05, 4.69) is 5.32 Å². The Balaban J connectivity index is 1.76. The molecule has 144 valence electrons. The summed E-state index contributed by atoms with van der Waals surface area (Å²) in [6.07, 6.45) is 0.00920. The second-order valence-electron chi connectivity index (χ2n) is 6.04. The van der Waals surface area contributed by atoms with Crippen molar-refractivity contribution in [2.75, 3.05) is 13.2 Å². The van der Waals surface area contributed by atoms with Crippen LogP contribution >= 0.6 is 11.6 Å². The number of carbonyl (C=O) groups is 2. The lowest BCUT2D eigenvalue weighted by Crippen LogP contribution is -2.37. The summed E-state index contributed by atoms with van der Waals surface area (Å²) in [6, 6.07) is 12.3. The van der Waals surface area contributed by atoms with Gasteiger partial charge in [-0.15, -0.1) is 0 Å². The molecule has 0 aromatic heterocycles. The van der Waals surface area contributed by atoms with Crippen LogP contribution in [0.15, 0.2) is 42.5 Å². The Labute approximate surface area is 163 Å². The van der Waals surface area contributed by atoms with Crippen molar-refractivity contribution in [1.82, 2.24) is 5.32 Å². The first-order valence-corrected chi connectivity index (χ1v) is 8.87. The molecule has 1 atom stereocenters. The van der Waals surface area contributed by atoms with Gasteiger partial charge in [0.05, 0.1) is 0 Å². The predicted molar refractivity (Wildman–Crippen MR) is 103 cm³/mol. The highest BCUT2D eigenvalue weighted by atomic mass is 35.5. The third kappa shape index (κ3) is 6.83. The zero-order chi connectivity index (χ0) is 19.8. The second kappa shape index (κ2) is 9.83. The fraction of sp³-hybridized carbons (Fsp3) is 0.300. The average Bonchev–Trinajstić information content (AvgIpc) is 2.64. The maximum Gasteiger partial charge on any atom is 0.341 e. The van der Waals surface area contributed by atoms with Crippen LogP contribution in [0.3, 0.4) is 0 Å². The van der Waals surface area contributed by atoms with Crippen LogP contribution in [-0.2, 0) is 16.0 Å². The van der Waals surface area contributed by atoms with Gasteiger partial charge >= 0.3 is 5.97 Å².